The first-order chi connectivity index (χ1) is 30.8. The Labute approximate surface area is 356 Å². The lowest BCUT2D eigenvalue weighted by atomic mass is 9.94. The maximum absolute atomic E-state index is 5.00. The molecular formula is C57H35N5. The maximum atomic E-state index is 5.00. The number of para-hydroxylation sites is 2. The van der Waals surface area contributed by atoms with E-state index in [1.807, 2.05) is 60.7 Å². The monoisotopic (exact) mass is 789 g/mol. The van der Waals surface area contributed by atoms with Crippen LogP contribution in [0.15, 0.2) is 212 Å². The molecule has 3 heterocycles. The Bertz CT molecular complexity index is 3810. The van der Waals surface area contributed by atoms with Crippen LogP contribution < -0.4 is 0 Å². The summed E-state index contributed by atoms with van der Waals surface area (Å²) in [7, 11) is 0. The Balaban J connectivity index is 0.999. The van der Waals surface area contributed by atoms with Crippen molar-refractivity contribution in [1.82, 2.24) is 24.1 Å². The molecule has 0 aliphatic carbocycles. The summed E-state index contributed by atoms with van der Waals surface area (Å²) in [4.78, 5) is 14.9. The lowest BCUT2D eigenvalue weighted by Gasteiger charge is -2.14. The van der Waals surface area contributed by atoms with Gasteiger partial charge in [0.05, 0.1) is 22.1 Å². The largest absolute Gasteiger partial charge is 0.309 e. The van der Waals surface area contributed by atoms with Crippen molar-refractivity contribution in [3.05, 3.63) is 212 Å². The molecule has 0 radical (unpaired) electrons. The summed E-state index contributed by atoms with van der Waals surface area (Å²) >= 11 is 0. The highest BCUT2D eigenvalue weighted by atomic mass is 15.0. The number of hydrogen-bond donors (Lipinski definition) is 0. The second kappa shape index (κ2) is 13.6. The second-order valence-corrected chi connectivity index (χ2v) is 16.0. The molecule has 288 valence electrons. The molecule has 0 aliphatic rings. The summed E-state index contributed by atoms with van der Waals surface area (Å²) in [5.74, 6) is 1.93. The van der Waals surface area contributed by atoms with Gasteiger partial charge in [-0.15, -0.1) is 0 Å². The predicted octanol–water partition coefficient (Wildman–Crippen LogP) is 14.5. The maximum Gasteiger partial charge on any atom is 0.164 e. The average Bonchev–Trinajstić information content (AvgIpc) is 3.87. The van der Waals surface area contributed by atoms with E-state index in [1.54, 1.807) is 0 Å². The van der Waals surface area contributed by atoms with Crippen LogP contribution in [0, 0.1) is 0 Å². The van der Waals surface area contributed by atoms with Crippen LogP contribution in [0.3, 0.4) is 0 Å². The van der Waals surface area contributed by atoms with Crippen molar-refractivity contribution >= 4 is 75.9 Å². The third-order valence-electron chi connectivity index (χ3n) is 12.5. The van der Waals surface area contributed by atoms with Crippen LogP contribution in [0.5, 0.6) is 0 Å². The molecule has 10 aromatic carbocycles. The zero-order chi connectivity index (χ0) is 40.7. The normalized spacial score (nSPS) is 11.9. The van der Waals surface area contributed by atoms with E-state index >= 15 is 0 Å². The number of aromatic nitrogens is 5. The second-order valence-electron chi connectivity index (χ2n) is 16.0. The van der Waals surface area contributed by atoms with Gasteiger partial charge in [0.1, 0.15) is 0 Å². The van der Waals surface area contributed by atoms with Crippen molar-refractivity contribution in [2.45, 2.75) is 0 Å². The van der Waals surface area contributed by atoms with Gasteiger partial charge in [-0.25, -0.2) is 15.0 Å². The fraction of sp³-hybridized carbons (Fsp3) is 0. The third kappa shape index (κ3) is 5.18. The first-order valence-corrected chi connectivity index (χ1v) is 21.0. The number of benzene rings is 10. The highest BCUT2D eigenvalue weighted by molar-refractivity contribution is 6.29. The van der Waals surface area contributed by atoms with E-state index in [1.165, 1.54) is 64.9 Å². The molecule has 0 N–H and O–H groups in total. The predicted molar refractivity (Wildman–Crippen MR) is 257 cm³/mol. The lowest BCUT2D eigenvalue weighted by molar-refractivity contribution is 1.07. The van der Waals surface area contributed by atoms with Gasteiger partial charge >= 0.3 is 0 Å². The summed E-state index contributed by atoms with van der Waals surface area (Å²) in [6, 6.07) is 75.7. The molecule has 62 heavy (non-hydrogen) atoms. The number of hydrogen-bond acceptors (Lipinski definition) is 3. The topological polar surface area (TPSA) is 48.5 Å². The van der Waals surface area contributed by atoms with Crippen molar-refractivity contribution in [3.63, 3.8) is 0 Å². The van der Waals surface area contributed by atoms with Crippen LogP contribution in [0.4, 0.5) is 0 Å². The van der Waals surface area contributed by atoms with Crippen LogP contribution in [0.2, 0.25) is 0 Å². The van der Waals surface area contributed by atoms with E-state index in [4.69, 9.17) is 15.0 Å². The molecule has 0 saturated heterocycles. The molecule has 0 saturated carbocycles. The van der Waals surface area contributed by atoms with Gasteiger partial charge in [-0.1, -0.05) is 152 Å². The molecule has 0 spiro atoms. The lowest BCUT2D eigenvalue weighted by Crippen LogP contribution is -2.00. The van der Waals surface area contributed by atoms with Crippen molar-refractivity contribution in [2.24, 2.45) is 0 Å². The first-order valence-electron chi connectivity index (χ1n) is 21.0. The molecule has 0 fully saturated rings. The molecule has 13 aromatic rings. The van der Waals surface area contributed by atoms with E-state index in [0.29, 0.717) is 17.5 Å². The Morgan fingerprint density at radius 1 is 0.242 bits per heavy atom. The SMILES string of the molecule is c1ccc(-c2nc(-c3ccccc3)nc(-c3ccc(-n4c5ccccc5c5c6c7ccccc7n(-c7ccc8c9ccccc9c9ccccc9c8c7)c6ccc54)cc3)n2)cc1. The quantitative estimate of drug-likeness (QED) is 0.163. The molecule has 0 atom stereocenters. The van der Waals surface area contributed by atoms with Gasteiger partial charge < -0.3 is 9.13 Å². The van der Waals surface area contributed by atoms with Crippen molar-refractivity contribution < 1.29 is 0 Å². The number of rotatable bonds is 5. The van der Waals surface area contributed by atoms with Gasteiger partial charge in [-0.3, -0.25) is 0 Å². The highest BCUT2D eigenvalue weighted by Crippen LogP contribution is 2.43. The third-order valence-corrected chi connectivity index (χ3v) is 12.5. The van der Waals surface area contributed by atoms with Gasteiger partial charge in [0.2, 0.25) is 0 Å². The molecule has 5 nitrogen and oxygen atoms in total. The first kappa shape index (κ1) is 34.5. The van der Waals surface area contributed by atoms with Gasteiger partial charge in [0.25, 0.3) is 0 Å². The Hall–Kier alpha value is -8.41. The summed E-state index contributed by atoms with van der Waals surface area (Å²) < 4.78 is 4.85. The zero-order valence-electron chi connectivity index (χ0n) is 33.4. The summed E-state index contributed by atoms with van der Waals surface area (Å²) in [6.07, 6.45) is 0. The van der Waals surface area contributed by atoms with Crippen LogP contribution in [0.1, 0.15) is 0 Å². The van der Waals surface area contributed by atoms with E-state index in [0.717, 1.165) is 39.1 Å². The van der Waals surface area contributed by atoms with Crippen molar-refractivity contribution in [1.29, 1.82) is 0 Å². The molecule has 0 aliphatic heterocycles. The molecule has 0 bridgehead atoms. The standard InChI is InChI=1S/C57H35N5/c1-3-15-36(16-4-1)55-58-56(37-17-5-2-6-18-37)60-57(59-55)38-27-29-39(30-28-38)61-49-25-13-11-23-46(49)53-51(61)33-34-52-54(53)47-24-12-14-26-50(47)62(52)40-31-32-45-43-21-8-7-19-41(43)42-20-9-10-22-44(42)48(45)35-40/h1-35H. The molecule has 3 aromatic heterocycles. The molecule has 0 amide bonds. The van der Waals surface area contributed by atoms with E-state index in [-0.39, 0.29) is 0 Å². The van der Waals surface area contributed by atoms with Gasteiger partial charge in [0, 0.05) is 49.6 Å². The zero-order valence-corrected chi connectivity index (χ0v) is 33.4. The minimum atomic E-state index is 0.635. The van der Waals surface area contributed by atoms with Gasteiger partial charge in [-0.05, 0) is 93.0 Å². The van der Waals surface area contributed by atoms with Crippen LogP contribution in [-0.4, -0.2) is 24.1 Å². The number of nitrogens with zero attached hydrogens (tertiary/aromatic N) is 5. The average molecular weight is 790 g/mol. The Kier molecular flexibility index (Phi) is 7.54. The van der Waals surface area contributed by atoms with Crippen LogP contribution >= 0.6 is 0 Å². The fourth-order valence-corrected chi connectivity index (χ4v) is 9.81. The van der Waals surface area contributed by atoms with Crippen LogP contribution in [0.25, 0.3) is 121 Å². The van der Waals surface area contributed by atoms with Crippen molar-refractivity contribution in [2.75, 3.05) is 0 Å². The van der Waals surface area contributed by atoms with E-state index in [2.05, 4.69) is 161 Å². The Morgan fingerprint density at radius 2 is 0.597 bits per heavy atom. The summed E-state index contributed by atoms with van der Waals surface area (Å²) in [5, 5.41) is 12.6. The fourth-order valence-electron chi connectivity index (χ4n) is 9.81. The minimum absolute atomic E-state index is 0.635. The molecule has 5 heteroatoms. The molecule has 13 rings (SSSR count). The van der Waals surface area contributed by atoms with Gasteiger partial charge in [0.15, 0.2) is 17.5 Å². The molecule has 0 unspecified atom stereocenters. The Morgan fingerprint density at radius 3 is 1.08 bits per heavy atom. The van der Waals surface area contributed by atoms with Gasteiger partial charge in [-0.2, -0.15) is 0 Å². The van der Waals surface area contributed by atoms with E-state index in [9.17, 15) is 0 Å². The smallest absolute Gasteiger partial charge is 0.164 e. The summed E-state index contributed by atoms with van der Waals surface area (Å²) in [5.41, 5.74) is 9.71. The molecular weight excluding hydrogens is 755 g/mol. The summed E-state index contributed by atoms with van der Waals surface area (Å²) in [6.45, 7) is 0. The van der Waals surface area contributed by atoms with E-state index < -0.39 is 0 Å². The number of fused-ring (bicyclic) bond motifs is 13. The highest BCUT2D eigenvalue weighted by Gasteiger charge is 2.21. The van der Waals surface area contributed by atoms with Crippen molar-refractivity contribution in [3.8, 4) is 45.5 Å². The minimum Gasteiger partial charge on any atom is -0.309 e. The van der Waals surface area contributed by atoms with Crippen LogP contribution in [-0.2, 0) is 0 Å².